The summed E-state index contributed by atoms with van der Waals surface area (Å²) in [6.45, 7) is 1.88. The van der Waals surface area contributed by atoms with E-state index in [1.807, 2.05) is 36.4 Å². The number of nitrogens with zero attached hydrogens (tertiary/aromatic N) is 4. The highest BCUT2D eigenvalue weighted by Gasteiger charge is 2.24. The lowest BCUT2D eigenvalue weighted by molar-refractivity contribution is 0.433. The minimum absolute atomic E-state index is 0.0820. The Kier molecular flexibility index (Phi) is 5.61. The molecule has 0 atom stereocenters. The molecule has 9 heteroatoms. The van der Waals surface area contributed by atoms with Crippen LogP contribution in [0.25, 0.3) is 38.1 Å². The largest absolute Gasteiger partial charge is 0.337 e. The van der Waals surface area contributed by atoms with Gasteiger partial charge in [-0.3, -0.25) is 9.36 Å². The van der Waals surface area contributed by atoms with E-state index in [-0.39, 0.29) is 12.4 Å². The van der Waals surface area contributed by atoms with E-state index in [9.17, 15) is 14.0 Å². The molecule has 0 fully saturated rings. The summed E-state index contributed by atoms with van der Waals surface area (Å²) in [5.74, 6) is 0.278. The van der Waals surface area contributed by atoms with Gasteiger partial charge in [-0.05, 0) is 42.3 Å². The fourth-order valence-corrected chi connectivity index (χ4v) is 5.55. The molecular formula is C28H19FN4O3S. The highest BCUT2D eigenvalue weighted by atomic mass is 32.1. The average molecular weight is 511 g/mol. The van der Waals surface area contributed by atoms with Gasteiger partial charge in [-0.15, -0.1) is 11.3 Å². The van der Waals surface area contributed by atoms with E-state index < -0.39 is 17.1 Å². The van der Waals surface area contributed by atoms with Gasteiger partial charge in [0.25, 0.3) is 11.4 Å². The van der Waals surface area contributed by atoms with Gasteiger partial charge in [-0.2, -0.15) is 4.98 Å². The minimum atomic E-state index is -0.517. The molecule has 37 heavy (non-hydrogen) atoms. The summed E-state index contributed by atoms with van der Waals surface area (Å²) in [6.07, 6.45) is 0. The highest BCUT2D eigenvalue weighted by molar-refractivity contribution is 7.22. The number of aromatic nitrogens is 4. The Bertz CT molecular complexity index is 1870. The maximum atomic E-state index is 14.0. The SMILES string of the molecule is Cc1c(-c2nc(-c3ccccc3)no2)sc2c1c(=O)n(-c1ccccc1)c(=O)n2Cc1cccc(F)c1. The smallest absolute Gasteiger partial charge is 0.333 e. The fourth-order valence-electron chi connectivity index (χ4n) is 4.33. The number of rotatable bonds is 5. The lowest BCUT2D eigenvalue weighted by Crippen LogP contribution is -2.38. The van der Waals surface area contributed by atoms with Crippen LogP contribution in [0.2, 0.25) is 0 Å². The van der Waals surface area contributed by atoms with Crippen molar-refractivity contribution in [2.24, 2.45) is 0 Å². The van der Waals surface area contributed by atoms with Crippen molar-refractivity contribution in [1.29, 1.82) is 0 Å². The second-order valence-corrected chi connectivity index (χ2v) is 9.50. The number of hydrogen-bond acceptors (Lipinski definition) is 6. The third-order valence-electron chi connectivity index (χ3n) is 6.11. The maximum Gasteiger partial charge on any atom is 0.337 e. The van der Waals surface area contributed by atoms with E-state index in [1.165, 1.54) is 28.0 Å². The Morgan fingerprint density at radius 2 is 1.68 bits per heavy atom. The number of para-hydroxylation sites is 1. The van der Waals surface area contributed by atoms with Gasteiger partial charge >= 0.3 is 5.69 Å². The van der Waals surface area contributed by atoms with E-state index in [4.69, 9.17) is 4.52 Å². The van der Waals surface area contributed by atoms with Crippen LogP contribution in [0.4, 0.5) is 4.39 Å². The zero-order chi connectivity index (χ0) is 25.5. The van der Waals surface area contributed by atoms with E-state index in [1.54, 1.807) is 43.3 Å². The fraction of sp³-hybridized carbons (Fsp3) is 0.0714. The molecule has 0 bridgehead atoms. The van der Waals surface area contributed by atoms with Crippen LogP contribution in [0.3, 0.4) is 0 Å². The highest BCUT2D eigenvalue weighted by Crippen LogP contribution is 2.36. The van der Waals surface area contributed by atoms with Crippen molar-refractivity contribution in [2.75, 3.05) is 0 Å². The van der Waals surface area contributed by atoms with Crippen molar-refractivity contribution in [3.05, 3.63) is 123 Å². The van der Waals surface area contributed by atoms with Crippen molar-refractivity contribution in [3.8, 4) is 27.8 Å². The lowest BCUT2D eigenvalue weighted by atomic mass is 10.2. The van der Waals surface area contributed by atoms with E-state index in [0.29, 0.717) is 37.7 Å². The predicted octanol–water partition coefficient (Wildman–Crippen LogP) is 5.43. The molecule has 0 aliphatic rings. The van der Waals surface area contributed by atoms with Gasteiger partial charge in [0, 0.05) is 5.56 Å². The molecule has 0 radical (unpaired) electrons. The molecule has 0 unspecified atom stereocenters. The molecule has 0 spiro atoms. The quantitative estimate of drug-likeness (QED) is 0.309. The van der Waals surface area contributed by atoms with Crippen LogP contribution in [-0.4, -0.2) is 19.3 Å². The van der Waals surface area contributed by atoms with Crippen LogP contribution in [0.1, 0.15) is 11.1 Å². The first-order valence-electron chi connectivity index (χ1n) is 11.5. The van der Waals surface area contributed by atoms with Gasteiger partial charge in [0.2, 0.25) is 5.82 Å². The minimum Gasteiger partial charge on any atom is -0.333 e. The van der Waals surface area contributed by atoms with Gasteiger partial charge in [-0.1, -0.05) is 65.8 Å². The maximum absolute atomic E-state index is 14.0. The van der Waals surface area contributed by atoms with E-state index in [2.05, 4.69) is 10.1 Å². The Labute approximate surface area is 213 Å². The molecule has 3 aromatic carbocycles. The third kappa shape index (κ3) is 3.99. The van der Waals surface area contributed by atoms with Gasteiger partial charge in [0.1, 0.15) is 10.6 Å². The van der Waals surface area contributed by atoms with Crippen molar-refractivity contribution in [3.63, 3.8) is 0 Å². The molecule has 0 amide bonds. The number of halogens is 1. The topological polar surface area (TPSA) is 82.9 Å². The first-order chi connectivity index (χ1) is 18.0. The van der Waals surface area contributed by atoms with E-state index >= 15 is 0 Å². The molecule has 6 rings (SSSR count). The molecule has 6 aromatic rings. The van der Waals surface area contributed by atoms with Gasteiger partial charge in [-0.25, -0.2) is 13.8 Å². The third-order valence-corrected chi connectivity index (χ3v) is 7.41. The molecule has 3 aromatic heterocycles. The van der Waals surface area contributed by atoms with Gasteiger partial charge in [0.15, 0.2) is 0 Å². The normalized spacial score (nSPS) is 11.3. The first-order valence-corrected chi connectivity index (χ1v) is 12.3. The number of thiophene rings is 1. The average Bonchev–Trinajstić information content (AvgIpc) is 3.53. The molecule has 7 nitrogen and oxygen atoms in total. The van der Waals surface area contributed by atoms with Crippen molar-refractivity contribution in [1.82, 2.24) is 19.3 Å². The van der Waals surface area contributed by atoms with Crippen LogP contribution in [-0.2, 0) is 6.54 Å². The van der Waals surface area contributed by atoms with Crippen LogP contribution in [0.5, 0.6) is 0 Å². The summed E-state index contributed by atoms with van der Waals surface area (Å²) < 4.78 is 22.2. The van der Waals surface area contributed by atoms with Crippen LogP contribution < -0.4 is 11.2 Å². The zero-order valence-electron chi connectivity index (χ0n) is 19.6. The van der Waals surface area contributed by atoms with E-state index in [0.717, 1.165) is 10.1 Å². The zero-order valence-corrected chi connectivity index (χ0v) is 20.4. The van der Waals surface area contributed by atoms with Gasteiger partial charge < -0.3 is 4.52 Å². The summed E-state index contributed by atoms with van der Waals surface area (Å²) in [4.78, 5) is 33.1. The van der Waals surface area contributed by atoms with Crippen LogP contribution in [0, 0.1) is 12.7 Å². The Morgan fingerprint density at radius 3 is 2.41 bits per heavy atom. The first kappa shape index (κ1) is 22.8. The summed E-state index contributed by atoms with van der Waals surface area (Å²) in [5, 5.41) is 4.48. The molecule has 0 saturated heterocycles. The Balaban J connectivity index is 1.60. The summed E-state index contributed by atoms with van der Waals surface area (Å²) >= 11 is 1.23. The summed E-state index contributed by atoms with van der Waals surface area (Å²) in [6, 6.07) is 24.2. The van der Waals surface area contributed by atoms with Gasteiger partial charge in [0.05, 0.1) is 22.5 Å². The Morgan fingerprint density at radius 1 is 0.946 bits per heavy atom. The molecule has 3 heterocycles. The second kappa shape index (κ2) is 9.11. The molecule has 182 valence electrons. The number of benzene rings is 3. The predicted molar refractivity (Wildman–Crippen MR) is 141 cm³/mol. The molecule has 0 N–H and O–H groups in total. The molecular weight excluding hydrogens is 491 g/mol. The standard InChI is InChI=1S/C28H19FN4O3S/c1-17-22-26(34)33(21-13-6-3-7-14-21)28(35)32(16-18-9-8-12-20(29)15-18)27(22)37-23(17)25-30-24(31-36-25)19-10-4-2-5-11-19/h2-15H,16H2,1H3. The van der Waals surface area contributed by atoms with Crippen molar-refractivity contribution < 1.29 is 8.91 Å². The van der Waals surface area contributed by atoms with Crippen LogP contribution in [0.15, 0.2) is 99.0 Å². The summed E-state index contributed by atoms with van der Waals surface area (Å²) in [7, 11) is 0. The molecule has 0 saturated carbocycles. The lowest BCUT2D eigenvalue weighted by Gasteiger charge is -2.12. The van der Waals surface area contributed by atoms with Crippen molar-refractivity contribution in [2.45, 2.75) is 13.5 Å². The number of aryl methyl sites for hydroxylation is 1. The molecule has 0 aliphatic heterocycles. The van der Waals surface area contributed by atoms with Crippen molar-refractivity contribution >= 4 is 21.6 Å². The monoisotopic (exact) mass is 510 g/mol. The van der Waals surface area contributed by atoms with Crippen LogP contribution >= 0.6 is 11.3 Å². The Hall–Kier alpha value is -4.63. The second-order valence-electron chi connectivity index (χ2n) is 8.50. The summed E-state index contributed by atoms with van der Waals surface area (Å²) in [5.41, 5.74) is 1.51. The number of hydrogen-bond donors (Lipinski definition) is 0. The number of fused-ring (bicyclic) bond motifs is 1. The molecule has 0 aliphatic carbocycles.